The molecule has 3 heteroatoms. The van der Waals surface area contributed by atoms with Gasteiger partial charge in [-0.05, 0) is 29.5 Å². The lowest BCUT2D eigenvalue weighted by molar-refractivity contribution is 1.33. The topological polar surface area (TPSA) is 24.9 Å². The SMILES string of the molecule is C=CSNc1cccnc1. The number of hydrogen-bond donors (Lipinski definition) is 1. The third-order valence-corrected chi connectivity index (χ3v) is 1.44. The molecule has 0 aliphatic rings. The molecule has 1 aromatic rings. The van der Waals surface area contributed by atoms with Gasteiger partial charge in [-0.2, -0.15) is 0 Å². The van der Waals surface area contributed by atoms with E-state index in [4.69, 9.17) is 0 Å². The van der Waals surface area contributed by atoms with Crippen LogP contribution in [-0.2, 0) is 0 Å². The van der Waals surface area contributed by atoms with E-state index < -0.39 is 0 Å². The number of rotatable bonds is 3. The van der Waals surface area contributed by atoms with Crippen LogP contribution >= 0.6 is 11.9 Å². The van der Waals surface area contributed by atoms with Crippen LogP contribution in [0.4, 0.5) is 5.69 Å². The predicted octanol–water partition coefficient (Wildman–Crippen LogP) is 2.29. The van der Waals surface area contributed by atoms with Crippen LogP contribution in [0.25, 0.3) is 0 Å². The van der Waals surface area contributed by atoms with E-state index in [2.05, 4.69) is 16.3 Å². The van der Waals surface area contributed by atoms with Gasteiger partial charge in [0.15, 0.2) is 0 Å². The lowest BCUT2D eigenvalue weighted by atomic mass is 10.4. The minimum absolute atomic E-state index is 0.993. The van der Waals surface area contributed by atoms with Gasteiger partial charge in [0.05, 0.1) is 11.9 Å². The number of nitrogens with zero attached hydrogens (tertiary/aromatic N) is 1. The molecule has 0 saturated heterocycles. The highest BCUT2D eigenvalue weighted by molar-refractivity contribution is 8.03. The molecule has 0 amide bonds. The molecule has 52 valence electrons. The summed E-state index contributed by atoms with van der Waals surface area (Å²) in [5.74, 6) is 0. The molecular formula is C7H8N2S. The third-order valence-electron chi connectivity index (χ3n) is 0.922. The van der Waals surface area contributed by atoms with Crippen molar-refractivity contribution < 1.29 is 0 Å². The van der Waals surface area contributed by atoms with Crippen molar-refractivity contribution in [3.63, 3.8) is 0 Å². The molecule has 10 heavy (non-hydrogen) atoms. The van der Waals surface area contributed by atoms with Crippen LogP contribution in [0, 0.1) is 0 Å². The van der Waals surface area contributed by atoms with E-state index in [-0.39, 0.29) is 0 Å². The second-order valence-corrected chi connectivity index (χ2v) is 2.40. The van der Waals surface area contributed by atoms with Crippen molar-refractivity contribution >= 4 is 17.6 Å². The third kappa shape index (κ3) is 2.11. The predicted molar refractivity (Wildman–Crippen MR) is 45.6 cm³/mol. The Morgan fingerprint density at radius 2 is 2.60 bits per heavy atom. The van der Waals surface area contributed by atoms with E-state index >= 15 is 0 Å². The number of pyridine rings is 1. The van der Waals surface area contributed by atoms with Crippen LogP contribution in [0.15, 0.2) is 36.5 Å². The van der Waals surface area contributed by atoms with Gasteiger partial charge in [0.1, 0.15) is 0 Å². The minimum atomic E-state index is 0.993. The lowest BCUT2D eigenvalue weighted by Gasteiger charge is -1.98. The average molecular weight is 152 g/mol. The fourth-order valence-electron chi connectivity index (χ4n) is 0.533. The number of nitrogens with one attached hydrogen (secondary N) is 1. The van der Waals surface area contributed by atoms with Crippen molar-refractivity contribution in [3.8, 4) is 0 Å². The summed E-state index contributed by atoms with van der Waals surface area (Å²) < 4.78 is 3.03. The minimum Gasteiger partial charge on any atom is -0.325 e. The molecule has 1 heterocycles. The first-order valence-electron chi connectivity index (χ1n) is 2.86. The Bertz CT molecular complexity index is 198. The Kier molecular flexibility index (Phi) is 2.83. The first-order valence-corrected chi connectivity index (χ1v) is 3.74. The van der Waals surface area contributed by atoms with Crippen molar-refractivity contribution in [2.75, 3.05) is 4.72 Å². The smallest absolute Gasteiger partial charge is 0.0628 e. The molecule has 0 bridgehead atoms. The quantitative estimate of drug-likeness (QED) is 0.672. The van der Waals surface area contributed by atoms with Crippen molar-refractivity contribution in [1.82, 2.24) is 4.98 Å². The highest BCUT2D eigenvalue weighted by Crippen LogP contribution is 2.09. The Morgan fingerprint density at radius 1 is 1.70 bits per heavy atom. The maximum atomic E-state index is 3.93. The van der Waals surface area contributed by atoms with Crippen LogP contribution < -0.4 is 4.72 Å². The fourth-order valence-corrected chi connectivity index (χ4v) is 0.873. The summed E-state index contributed by atoms with van der Waals surface area (Å²) in [5.41, 5.74) is 0.993. The summed E-state index contributed by atoms with van der Waals surface area (Å²) >= 11 is 1.44. The molecule has 2 nitrogen and oxygen atoms in total. The van der Waals surface area contributed by atoms with E-state index in [0.717, 1.165) is 5.69 Å². The molecule has 0 saturated carbocycles. The van der Waals surface area contributed by atoms with Gasteiger partial charge in [0, 0.05) is 6.20 Å². The molecule has 0 fully saturated rings. The molecule has 0 unspecified atom stereocenters. The molecule has 0 atom stereocenters. The molecule has 0 aromatic carbocycles. The lowest BCUT2D eigenvalue weighted by Crippen LogP contribution is -1.82. The maximum absolute atomic E-state index is 3.93. The van der Waals surface area contributed by atoms with E-state index in [0.29, 0.717) is 0 Å². The molecule has 1 rings (SSSR count). The standard InChI is InChI=1S/C7H8N2S/c1-2-10-9-7-4-3-5-8-6-7/h2-6,9H,1H2. The van der Waals surface area contributed by atoms with Crippen LogP contribution in [0.2, 0.25) is 0 Å². The molecule has 0 spiro atoms. The highest BCUT2D eigenvalue weighted by Gasteiger charge is 1.84. The van der Waals surface area contributed by atoms with E-state index in [9.17, 15) is 0 Å². The van der Waals surface area contributed by atoms with Gasteiger partial charge in [-0.1, -0.05) is 6.58 Å². The average Bonchev–Trinajstić information content (AvgIpc) is 2.03. The fraction of sp³-hybridized carbons (Fsp3) is 0. The van der Waals surface area contributed by atoms with Gasteiger partial charge < -0.3 is 4.72 Å². The largest absolute Gasteiger partial charge is 0.325 e. The Balaban J connectivity index is 2.50. The van der Waals surface area contributed by atoms with E-state index in [1.807, 2.05) is 12.1 Å². The van der Waals surface area contributed by atoms with Gasteiger partial charge in [-0.15, -0.1) is 0 Å². The van der Waals surface area contributed by atoms with Gasteiger partial charge in [0.25, 0.3) is 0 Å². The number of anilines is 1. The van der Waals surface area contributed by atoms with Gasteiger partial charge >= 0.3 is 0 Å². The number of aromatic nitrogens is 1. The van der Waals surface area contributed by atoms with Gasteiger partial charge in [0.2, 0.25) is 0 Å². The van der Waals surface area contributed by atoms with Crippen LogP contribution in [0.3, 0.4) is 0 Å². The Morgan fingerprint density at radius 3 is 3.20 bits per heavy atom. The van der Waals surface area contributed by atoms with Crippen molar-refractivity contribution in [3.05, 3.63) is 36.5 Å². The Labute approximate surface area is 64.5 Å². The molecule has 0 aliphatic heterocycles. The van der Waals surface area contributed by atoms with Crippen LogP contribution in [0.5, 0.6) is 0 Å². The molecule has 0 aliphatic carbocycles. The summed E-state index contributed by atoms with van der Waals surface area (Å²) in [6.07, 6.45) is 3.50. The second kappa shape index (κ2) is 3.95. The van der Waals surface area contributed by atoms with Crippen molar-refractivity contribution in [1.29, 1.82) is 0 Å². The van der Waals surface area contributed by atoms with E-state index in [1.54, 1.807) is 17.8 Å². The molecular weight excluding hydrogens is 144 g/mol. The first-order chi connectivity index (χ1) is 4.93. The summed E-state index contributed by atoms with van der Waals surface area (Å²) in [6.45, 7) is 3.56. The summed E-state index contributed by atoms with van der Waals surface area (Å²) in [4.78, 5) is 3.93. The van der Waals surface area contributed by atoms with Gasteiger partial charge in [-0.3, -0.25) is 4.98 Å². The summed E-state index contributed by atoms with van der Waals surface area (Å²) in [5, 5.41) is 1.73. The number of hydrogen-bond acceptors (Lipinski definition) is 3. The van der Waals surface area contributed by atoms with Gasteiger partial charge in [-0.25, -0.2) is 0 Å². The molecule has 1 N–H and O–H groups in total. The van der Waals surface area contributed by atoms with Crippen LogP contribution in [0.1, 0.15) is 0 Å². The monoisotopic (exact) mass is 152 g/mol. The summed E-state index contributed by atoms with van der Waals surface area (Å²) in [6, 6.07) is 3.83. The zero-order valence-corrected chi connectivity index (χ0v) is 6.27. The van der Waals surface area contributed by atoms with Crippen molar-refractivity contribution in [2.24, 2.45) is 0 Å². The maximum Gasteiger partial charge on any atom is 0.0628 e. The second-order valence-electron chi connectivity index (χ2n) is 1.63. The Hall–Kier alpha value is -0.960. The normalized spacial score (nSPS) is 8.80. The zero-order valence-electron chi connectivity index (χ0n) is 5.45. The highest BCUT2D eigenvalue weighted by atomic mass is 32.2. The first kappa shape index (κ1) is 7.15. The zero-order chi connectivity index (χ0) is 7.23. The molecule has 0 radical (unpaired) electrons. The van der Waals surface area contributed by atoms with E-state index in [1.165, 1.54) is 11.9 Å². The van der Waals surface area contributed by atoms with Crippen LogP contribution in [-0.4, -0.2) is 4.98 Å². The molecule has 1 aromatic heterocycles. The van der Waals surface area contributed by atoms with Crippen molar-refractivity contribution in [2.45, 2.75) is 0 Å². The summed E-state index contributed by atoms with van der Waals surface area (Å²) in [7, 11) is 0.